The third-order valence-corrected chi connectivity index (χ3v) is 3.25. The maximum atomic E-state index is 9.17. The van der Waals surface area contributed by atoms with Gasteiger partial charge in [-0.15, -0.1) is 12.3 Å². The predicted molar refractivity (Wildman–Crippen MR) is 48.6 cm³/mol. The van der Waals surface area contributed by atoms with Crippen LogP contribution >= 0.6 is 0 Å². The molecule has 0 aromatic heterocycles. The van der Waals surface area contributed by atoms with Crippen LogP contribution < -0.4 is 0 Å². The van der Waals surface area contributed by atoms with E-state index in [0.717, 1.165) is 25.7 Å². The van der Waals surface area contributed by atoms with E-state index < -0.39 is 0 Å². The lowest BCUT2D eigenvalue weighted by Gasteiger charge is -2.27. The number of nitriles is 1. The van der Waals surface area contributed by atoms with E-state index in [9.17, 15) is 0 Å². The standard InChI is InChI=1S/C11H13NO/c1-2-3-6-11(8-12)7-9-4-5-10(11)13-9/h1,9-10H,3-7H2. The van der Waals surface area contributed by atoms with Gasteiger partial charge in [0.1, 0.15) is 0 Å². The molecule has 2 saturated heterocycles. The molecule has 0 aliphatic carbocycles. The molecule has 2 fully saturated rings. The summed E-state index contributed by atoms with van der Waals surface area (Å²) in [5, 5.41) is 9.17. The molecule has 2 aliphatic rings. The van der Waals surface area contributed by atoms with Crippen LogP contribution in [0.5, 0.6) is 0 Å². The number of nitrogens with zero attached hydrogens (tertiary/aromatic N) is 1. The molecule has 13 heavy (non-hydrogen) atoms. The van der Waals surface area contributed by atoms with Crippen molar-refractivity contribution in [2.75, 3.05) is 0 Å². The monoisotopic (exact) mass is 175 g/mol. The number of rotatable bonds is 2. The summed E-state index contributed by atoms with van der Waals surface area (Å²) in [5.41, 5.74) is -0.255. The summed E-state index contributed by atoms with van der Waals surface area (Å²) in [4.78, 5) is 0. The van der Waals surface area contributed by atoms with Crippen LogP contribution in [0.2, 0.25) is 0 Å². The summed E-state index contributed by atoms with van der Waals surface area (Å²) in [6.07, 6.45) is 10.3. The largest absolute Gasteiger partial charge is 0.373 e. The Kier molecular flexibility index (Phi) is 2.02. The summed E-state index contributed by atoms with van der Waals surface area (Å²) in [7, 11) is 0. The van der Waals surface area contributed by atoms with Crippen molar-refractivity contribution in [1.82, 2.24) is 0 Å². The van der Waals surface area contributed by atoms with E-state index in [2.05, 4.69) is 12.0 Å². The van der Waals surface area contributed by atoms with Crippen LogP contribution in [0.25, 0.3) is 0 Å². The molecule has 0 aromatic carbocycles. The van der Waals surface area contributed by atoms with Gasteiger partial charge in [0.15, 0.2) is 0 Å². The highest BCUT2D eigenvalue weighted by Gasteiger charge is 2.52. The molecule has 0 N–H and O–H groups in total. The van der Waals surface area contributed by atoms with Crippen molar-refractivity contribution in [3.05, 3.63) is 0 Å². The molecule has 0 saturated carbocycles. The fourth-order valence-electron chi connectivity index (χ4n) is 2.53. The van der Waals surface area contributed by atoms with Crippen molar-refractivity contribution in [3.8, 4) is 18.4 Å². The van der Waals surface area contributed by atoms with Crippen molar-refractivity contribution >= 4 is 0 Å². The average molecular weight is 175 g/mol. The smallest absolute Gasteiger partial charge is 0.0868 e. The highest BCUT2D eigenvalue weighted by Crippen LogP contribution is 2.49. The summed E-state index contributed by atoms with van der Waals surface area (Å²) in [6, 6.07) is 2.42. The first-order chi connectivity index (χ1) is 6.30. The van der Waals surface area contributed by atoms with Gasteiger partial charge in [-0.3, -0.25) is 0 Å². The highest BCUT2D eigenvalue weighted by molar-refractivity contribution is 5.13. The number of ether oxygens (including phenoxy) is 1. The minimum atomic E-state index is -0.255. The van der Waals surface area contributed by atoms with E-state index in [4.69, 9.17) is 16.4 Å². The van der Waals surface area contributed by atoms with E-state index >= 15 is 0 Å². The third-order valence-electron chi connectivity index (χ3n) is 3.25. The molecule has 2 rings (SSSR count). The number of hydrogen-bond acceptors (Lipinski definition) is 2. The Morgan fingerprint density at radius 1 is 1.54 bits per heavy atom. The first kappa shape index (κ1) is 8.60. The minimum Gasteiger partial charge on any atom is -0.373 e. The Labute approximate surface area is 78.9 Å². The van der Waals surface area contributed by atoms with Crippen molar-refractivity contribution in [1.29, 1.82) is 5.26 Å². The molecule has 0 aromatic rings. The molecular weight excluding hydrogens is 162 g/mol. The maximum Gasteiger partial charge on any atom is 0.0868 e. The van der Waals surface area contributed by atoms with Gasteiger partial charge in [0, 0.05) is 6.42 Å². The van der Waals surface area contributed by atoms with Crippen molar-refractivity contribution < 1.29 is 4.74 Å². The van der Waals surface area contributed by atoms with Gasteiger partial charge in [-0.1, -0.05) is 0 Å². The van der Waals surface area contributed by atoms with Crippen LogP contribution in [-0.2, 0) is 4.74 Å². The van der Waals surface area contributed by atoms with Crippen LogP contribution in [0.15, 0.2) is 0 Å². The first-order valence-electron chi connectivity index (χ1n) is 4.81. The van der Waals surface area contributed by atoms with Gasteiger partial charge in [0.2, 0.25) is 0 Å². The Hall–Kier alpha value is -0.990. The average Bonchev–Trinajstić information content (AvgIpc) is 2.74. The first-order valence-corrected chi connectivity index (χ1v) is 4.81. The Morgan fingerprint density at radius 3 is 2.85 bits per heavy atom. The SMILES string of the molecule is C#CCCC1(C#N)CC2CCC1O2. The van der Waals surface area contributed by atoms with Gasteiger partial charge in [-0.2, -0.15) is 5.26 Å². The zero-order valence-electron chi connectivity index (χ0n) is 7.62. The quantitative estimate of drug-likeness (QED) is 0.600. The zero-order chi connectivity index (χ0) is 9.31. The lowest BCUT2D eigenvalue weighted by molar-refractivity contribution is 0.0768. The van der Waals surface area contributed by atoms with Crippen LogP contribution in [0, 0.1) is 29.1 Å². The second-order valence-electron chi connectivity index (χ2n) is 4.00. The van der Waals surface area contributed by atoms with Gasteiger partial charge in [-0.05, 0) is 25.7 Å². The summed E-state index contributed by atoms with van der Waals surface area (Å²) < 4.78 is 5.69. The van der Waals surface area contributed by atoms with Gasteiger partial charge in [0.05, 0.1) is 23.7 Å². The molecule has 0 radical (unpaired) electrons. The van der Waals surface area contributed by atoms with Crippen LogP contribution in [0.3, 0.4) is 0 Å². The van der Waals surface area contributed by atoms with E-state index in [1.165, 1.54) is 0 Å². The third kappa shape index (κ3) is 1.23. The Morgan fingerprint density at radius 2 is 2.38 bits per heavy atom. The fraction of sp³-hybridized carbons (Fsp3) is 0.727. The van der Waals surface area contributed by atoms with E-state index in [1.807, 2.05) is 0 Å². The summed E-state index contributed by atoms with van der Waals surface area (Å²) in [5.74, 6) is 2.61. The van der Waals surface area contributed by atoms with Crippen LogP contribution in [-0.4, -0.2) is 12.2 Å². The molecule has 2 aliphatic heterocycles. The zero-order valence-corrected chi connectivity index (χ0v) is 7.62. The highest BCUT2D eigenvalue weighted by atomic mass is 16.5. The van der Waals surface area contributed by atoms with Gasteiger partial charge < -0.3 is 4.74 Å². The molecule has 0 spiro atoms. The van der Waals surface area contributed by atoms with Gasteiger partial charge >= 0.3 is 0 Å². The van der Waals surface area contributed by atoms with Crippen LogP contribution in [0.1, 0.15) is 32.1 Å². The maximum absolute atomic E-state index is 9.17. The van der Waals surface area contributed by atoms with Crippen LogP contribution in [0.4, 0.5) is 0 Å². The molecular formula is C11H13NO. The Balaban J connectivity index is 2.10. The van der Waals surface area contributed by atoms with Gasteiger partial charge in [0.25, 0.3) is 0 Å². The number of hydrogen-bond donors (Lipinski definition) is 0. The van der Waals surface area contributed by atoms with Crippen molar-refractivity contribution in [2.45, 2.75) is 44.3 Å². The summed E-state index contributed by atoms with van der Waals surface area (Å²) >= 11 is 0. The van der Waals surface area contributed by atoms with Crippen molar-refractivity contribution in [2.24, 2.45) is 5.41 Å². The normalized spacial score (nSPS) is 41.4. The topological polar surface area (TPSA) is 33.0 Å². The fourth-order valence-corrected chi connectivity index (χ4v) is 2.53. The lowest BCUT2D eigenvalue weighted by atomic mass is 9.72. The Bertz CT molecular complexity index is 285. The lowest BCUT2D eigenvalue weighted by Crippen LogP contribution is -2.30. The molecule has 2 heteroatoms. The minimum absolute atomic E-state index is 0.163. The van der Waals surface area contributed by atoms with E-state index in [-0.39, 0.29) is 11.5 Å². The van der Waals surface area contributed by atoms with E-state index in [1.54, 1.807) is 0 Å². The van der Waals surface area contributed by atoms with E-state index in [0.29, 0.717) is 12.5 Å². The van der Waals surface area contributed by atoms with Crippen molar-refractivity contribution in [3.63, 3.8) is 0 Å². The second-order valence-corrected chi connectivity index (χ2v) is 4.00. The van der Waals surface area contributed by atoms with Gasteiger partial charge in [-0.25, -0.2) is 0 Å². The summed E-state index contributed by atoms with van der Waals surface area (Å²) in [6.45, 7) is 0. The second kappa shape index (κ2) is 3.05. The molecule has 2 nitrogen and oxygen atoms in total. The molecule has 0 amide bonds. The molecule has 3 atom stereocenters. The number of terminal acetylenes is 1. The molecule has 3 unspecified atom stereocenters. The molecule has 68 valence electrons. The predicted octanol–water partition coefficient (Wildman–Crippen LogP) is 1.86. The molecule has 2 heterocycles. The molecule has 2 bridgehead atoms. The number of fused-ring (bicyclic) bond motifs is 2.